The molecule has 0 spiro atoms. The van der Waals surface area contributed by atoms with Crippen molar-refractivity contribution >= 4 is 12.1 Å². The Labute approximate surface area is 138 Å². The highest BCUT2D eigenvalue weighted by Crippen LogP contribution is 2.36. The van der Waals surface area contributed by atoms with Crippen LogP contribution in [0.4, 0.5) is 9.18 Å². The Morgan fingerprint density at radius 3 is 2.50 bits per heavy atom. The van der Waals surface area contributed by atoms with Crippen LogP contribution in [0, 0.1) is 0 Å². The van der Waals surface area contributed by atoms with Gasteiger partial charge < -0.3 is 14.7 Å². The Bertz CT molecular complexity index is 757. The van der Waals surface area contributed by atoms with Gasteiger partial charge in [0.1, 0.15) is 6.61 Å². The third-order valence-electron chi connectivity index (χ3n) is 3.97. The van der Waals surface area contributed by atoms with E-state index in [4.69, 9.17) is 9.84 Å². The van der Waals surface area contributed by atoms with E-state index >= 15 is 0 Å². The number of aromatic carboxylic acids is 1. The van der Waals surface area contributed by atoms with E-state index in [0.29, 0.717) is 0 Å². The van der Waals surface area contributed by atoms with Crippen LogP contribution in [0.25, 0.3) is 0 Å². The zero-order valence-corrected chi connectivity index (χ0v) is 12.8. The van der Waals surface area contributed by atoms with Gasteiger partial charge in [-0.1, -0.05) is 42.5 Å². The number of benzene rings is 2. The van der Waals surface area contributed by atoms with E-state index in [-0.39, 0.29) is 30.8 Å². The van der Waals surface area contributed by atoms with Gasteiger partial charge in [-0.05, 0) is 23.3 Å². The summed E-state index contributed by atoms with van der Waals surface area (Å²) >= 11 is 0. The number of ether oxygens (including phenoxy) is 1. The third-order valence-corrected chi connectivity index (χ3v) is 3.97. The van der Waals surface area contributed by atoms with Crippen molar-refractivity contribution in [2.45, 2.75) is 12.3 Å². The van der Waals surface area contributed by atoms with Crippen molar-refractivity contribution in [2.24, 2.45) is 0 Å². The first-order valence-corrected chi connectivity index (χ1v) is 7.46. The fourth-order valence-corrected chi connectivity index (χ4v) is 2.61. The summed E-state index contributed by atoms with van der Waals surface area (Å²) in [4.78, 5) is 24.2. The molecule has 2 aromatic carbocycles. The van der Waals surface area contributed by atoms with Gasteiger partial charge in [-0.15, -0.1) is 0 Å². The van der Waals surface area contributed by atoms with E-state index in [9.17, 15) is 14.0 Å². The second-order valence-electron chi connectivity index (χ2n) is 5.75. The van der Waals surface area contributed by atoms with Gasteiger partial charge in [-0.3, -0.25) is 0 Å². The van der Waals surface area contributed by atoms with Gasteiger partial charge >= 0.3 is 12.1 Å². The molecule has 1 saturated heterocycles. The van der Waals surface area contributed by atoms with E-state index in [2.05, 4.69) is 0 Å². The van der Waals surface area contributed by atoms with E-state index in [1.165, 1.54) is 29.2 Å². The molecule has 0 aromatic heterocycles. The second kappa shape index (κ2) is 6.31. The molecule has 1 amide bonds. The quantitative estimate of drug-likeness (QED) is 0.935. The molecular formula is C18H16FNO4. The van der Waals surface area contributed by atoms with Crippen LogP contribution in [-0.2, 0) is 17.0 Å². The van der Waals surface area contributed by atoms with Crippen molar-refractivity contribution < 1.29 is 23.8 Å². The molecule has 0 radical (unpaired) electrons. The number of carbonyl (C=O) groups excluding carboxylic acids is 1. The van der Waals surface area contributed by atoms with Crippen LogP contribution in [0.2, 0.25) is 0 Å². The summed E-state index contributed by atoms with van der Waals surface area (Å²) in [6.45, 7) is -0.169. The Balaban J connectivity index is 1.58. The summed E-state index contributed by atoms with van der Waals surface area (Å²) in [6.07, 6.45) is -0.582. The first kappa shape index (κ1) is 16.0. The molecule has 5 nitrogen and oxygen atoms in total. The van der Waals surface area contributed by atoms with E-state index in [1.54, 1.807) is 0 Å². The van der Waals surface area contributed by atoms with Crippen LogP contribution in [0.5, 0.6) is 0 Å². The molecule has 1 N–H and O–H groups in total. The highest BCUT2D eigenvalue weighted by Gasteiger charge is 2.48. The van der Waals surface area contributed by atoms with Gasteiger partial charge in [-0.2, -0.15) is 0 Å². The number of alkyl halides is 1. The normalized spacial score (nSPS) is 15.5. The highest BCUT2D eigenvalue weighted by molar-refractivity contribution is 5.87. The molecule has 6 heteroatoms. The number of nitrogens with zero attached hydrogens (tertiary/aromatic N) is 1. The number of hydrogen-bond donors (Lipinski definition) is 1. The number of likely N-dealkylation sites (tertiary alicyclic amines) is 1. The summed E-state index contributed by atoms with van der Waals surface area (Å²) < 4.78 is 20.0. The second-order valence-corrected chi connectivity index (χ2v) is 5.75. The molecule has 0 bridgehead atoms. The average Bonchev–Trinajstić information content (AvgIpc) is 2.58. The highest BCUT2D eigenvalue weighted by atomic mass is 19.1. The first-order valence-electron chi connectivity index (χ1n) is 7.46. The minimum absolute atomic E-state index is 0.0228. The smallest absolute Gasteiger partial charge is 0.410 e. The molecule has 0 saturated carbocycles. The van der Waals surface area contributed by atoms with Gasteiger partial charge in [0.05, 0.1) is 18.7 Å². The SMILES string of the molecule is O=C(O)c1cccc(C2(F)CN(C(=O)OCc3ccccc3)C2)c1. The van der Waals surface area contributed by atoms with Gasteiger partial charge in [0, 0.05) is 0 Å². The fraction of sp³-hybridized carbons (Fsp3) is 0.222. The molecule has 1 aliphatic rings. The number of carboxylic acids is 1. The van der Waals surface area contributed by atoms with Crippen LogP contribution in [-0.4, -0.2) is 35.2 Å². The Hall–Kier alpha value is -2.89. The summed E-state index contributed by atoms with van der Waals surface area (Å²) in [5.41, 5.74) is -0.604. The topological polar surface area (TPSA) is 66.8 Å². The molecule has 1 aliphatic heterocycles. The predicted molar refractivity (Wildman–Crippen MR) is 84.4 cm³/mol. The van der Waals surface area contributed by atoms with Gasteiger partial charge in [-0.25, -0.2) is 14.0 Å². The minimum Gasteiger partial charge on any atom is -0.478 e. The summed E-state index contributed by atoms with van der Waals surface area (Å²) in [5.74, 6) is -1.11. The van der Waals surface area contributed by atoms with Gasteiger partial charge in [0.25, 0.3) is 0 Å². The van der Waals surface area contributed by atoms with Crippen molar-refractivity contribution in [3.63, 3.8) is 0 Å². The van der Waals surface area contributed by atoms with Crippen LogP contribution in [0.3, 0.4) is 0 Å². The van der Waals surface area contributed by atoms with E-state index in [0.717, 1.165) is 5.56 Å². The maximum atomic E-state index is 14.8. The van der Waals surface area contributed by atoms with Gasteiger partial charge in [0.15, 0.2) is 5.67 Å². The lowest BCUT2D eigenvalue weighted by Gasteiger charge is -2.43. The zero-order chi connectivity index (χ0) is 17.2. The van der Waals surface area contributed by atoms with Crippen LogP contribution in [0.15, 0.2) is 54.6 Å². The lowest BCUT2D eigenvalue weighted by molar-refractivity contribution is -0.0346. The molecule has 0 aliphatic carbocycles. The first-order chi connectivity index (χ1) is 11.5. The molecule has 0 atom stereocenters. The largest absolute Gasteiger partial charge is 0.478 e. The van der Waals surface area contributed by atoms with Crippen LogP contribution < -0.4 is 0 Å². The Morgan fingerprint density at radius 2 is 1.83 bits per heavy atom. The van der Waals surface area contributed by atoms with Crippen molar-refractivity contribution in [3.8, 4) is 0 Å². The Morgan fingerprint density at radius 1 is 1.12 bits per heavy atom. The van der Waals surface area contributed by atoms with Crippen LogP contribution >= 0.6 is 0 Å². The summed E-state index contributed by atoms with van der Waals surface area (Å²) in [6, 6.07) is 14.9. The van der Waals surface area contributed by atoms with Crippen molar-refractivity contribution in [1.29, 1.82) is 0 Å². The molecule has 1 heterocycles. The van der Waals surface area contributed by atoms with E-state index < -0.39 is 17.7 Å². The molecular weight excluding hydrogens is 313 g/mol. The molecule has 0 unspecified atom stereocenters. The maximum absolute atomic E-state index is 14.8. The molecule has 2 aromatic rings. The maximum Gasteiger partial charge on any atom is 0.410 e. The number of carboxylic acid groups (broad SMARTS) is 1. The van der Waals surface area contributed by atoms with Crippen LogP contribution in [0.1, 0.15) is 21.5 Å². The standard InChI is InChI=1S/C18H16FNO4/c19-18(15-8-4-7-14(9-15)16(21)22)11-20(12-18)17(23)24-10-13-5-2-1-3-6-13/h1-9H,10-12H2,(H,21,22). The van der Waals surface area contributed by atoms with Crippen molar-refractivity contribution in [3.05, 3.63) is 71.3 Å². The average molecular weight is 329 g/mol. The van der Waals surface area contributed by atoms with E-state index in [1.807, 2.05) is 30.3 Å². The summed E-state index contributed by atoms with van der Waals surface area (Å²) in [5, 5.41) is 8.98. The number of carbonyl (C=O) groups is 2. The molecule has 3 rings (SSSR count). The summed E-state index contributed by atoms with van der Waals surface area (Å²) in [7, 11) is 0. The van der Waals surface area contributed by atoms with Crippen molar-refractivity contribution in [1.82, 2.24) is 4.90 Å². The number of rotatable bonds is 4. The monoisotopic (exact) mass is 329 g/mol. The number of halogens is 1. The number of amides is 1. The lowest BCUT2D eigenvalue weighted by atomic mass is 9.87. The minimum atomic E-state index is -1.74. The fourth-order valence-electron chi connectivity index (χ4n) is 2.61. The predicted octanol–water partition coefficient (Wildman–Crippen LogP) is 3.20. The van der Waals surface area contributed by atoms with Gasteiger partial charge in [0.2, 0.25) is 0 Å². The lowest BCUT2D eigenvalue weighted by Crippen LogP contribution is -2.58. The van der Waals surface area contributed by atoms with Crippen molar-refractivity contribution in [2.75, 3.05) is 13.1 Å². The third kappa shape index (κ3) is 3.22. The molecule has 24 heavy (non-hydrogen) atoms. The number of hydrogen-bond acceptors (Lipinski definition) is 3. The Kier molecular flexibility index (Phi) is 4.20. The molecule has 1 fully saturated rings. The zero-order valence-electron chi connectivity index (χ0n) is 12.8. The molecule has 124 valence electrons.